The fourth-order valence-electron chi connectivity index (χ4n) is 5.16. The highest BCUT2D eigenvalue weighted by atomic mass is 31.2. The number of aliphatic hydroxyl groups excluding tert-OH is 1. The van der Waals surface area contributed by atoms with E-state index in [1.165, 1.54) is 28.8 Å². The van der Waals surface area contributed by atoms with Crippen molar-refractivity contribution in [3.8, 4) is 11.8 Å². The average molecular weight is 639 g/mol. The maximum absolute atomic E-state index is 16.5. The number of fused-ring (bicyclic) bond motifs is 1. The van der Waals surface area contributed by atoms with Crippen LogP contribution in [0.2, 0.25) is 0 Å². The van der Waals surface area contributed by atoms with Gasteiger partial charge >= 0.3 is 13.7 Å². The molecule has 6 atom stereocenters. The Labute approximate surface area is 258 Å². The molecule has 45 heavy (non-hydrogen) atoms. The van der Waals surface area contributed by atoms with E-state index in [4.69, 9.17) is 24.3 Å². The number of rotatable bonds is 12. The number of para-hydroxylation sites is 1. The Hall–Kier alpha value is -4.38. The number of aliphatic hydroxyl groups is 1. The molecule has 2 aromatic carbocycles. The molecule has 4 aromatic rings. The van der Waals surface area contributed by atoms with Crippen LogP contribution in [0.4, 0.5) is 10.2 Å². The van der Waals surface area contributed by atoms with Gasteiger partial charge in [0, 0.05) is 0 Å². The van der Waals surface area contributed by atoms with Crippen LogP contribution in [0.25, 0.3) is 5.52 Å². The number of alkyl halides is 1. The van der Waals surface area contributed by atoms with Gasteiger partial charge in [-0.2, -0.15) is 15.4 Å². The topological polar surface area (TPSA) is 183 Å². The van der Waals surface area contributed by atoms with E-state index < -0.39 is 49.8 Å². The molecule has 0 bridgehead atoms. The molecule has 13 nitrogen and oxygen atoms in total. The molecule has 4 N–H and O–H groups in total. The van der Waals surface area contributed by atoms with Gasteiger partial charge in [-0.1, -0.05) is 48.5 Å². The molecule has 1 saturated heterocycles. The fraction of sp³-hybridized carbons (Fsp3) is 0.333. The standard InChI is InChI=1S/C30H32FN6O7P/c1-3-41-28(39)22(16-20-10-6-4-7-11-20)36-45(40,44-21-12-8-5-9-13-21)42-17-24-26(38)29(2,31)30(18-32,43-24)25-15-14-23-27(33)34-19-35-37(23)25/h4-15,19,22,24,26,38H,3,16-17H2,1-2H3,(H,36,40)(H2,33,34,35). The molecule has 2 aromatic heterocycles. The van der Waals surface area contributed by atoms with Crippen molar-refractivity contribution in [2.75, 3.05) is 18.9 Å². The molecule has 1 aliphatic heterocycles. The normalized spacial score (nSPS) is 24.9. The van der Waals surface area contributed by atoms with Gasteiger partial charge in [0.05, 0.1) is 18.9 Å². The minimum atomic E-state index is -4.48. The van der Waals surface area contributed by atoms with Crippen LogP contribution in [-0.2, 0) is 35.4 Å². The predicted molar refractivity (Wildman–Crippen MR) is 159 cm³/mol. The third-order valence-electron chi connectivity index (χ3n) is 7.47. The second kappa shape index (κ2) is 12.9. The highest BCUT2D eigenvalue weighted by molar-refractivity contribution is 7.52. The summed E-state index contributed by atoms with van der Waals surface area (Å²) in [5.74, 6) is -0.484. The highest BCUT2D eigenvalue weighted by Crippen LogP contribution is 2.52. The molecule has 0 amide bonds. The lowest BCUT2D eigenvalue weighted by molar-refractivity contribution is -0.145. The third-order valence-corrected chi connectivity index (χ3v) is 9.04. The third kappa shape index (κ3) is 6.26. The number of benzene rings is 2. The van der Waals surface area contributed by atoms with Gasteiger partial charge in [0.2, 0.25) is 5.60 Å². The molecule has 15 heteroatoms. The Bertz CT molecular complexity index is 1740. The van der Waals surface area contributed by atoms with Gasteiger partial charge in [0.1, 0.15) is 41.9 Å². The molecule has 6 unspecified atom stereocenters. The van der Waals surface area contributed by atoms with Crippen molar-refractivity contribution in [3.05, 3.63) is 90.4 Å². The molecule has 3 heterocycles. The van der Waals surface area contributed by atoms with Crippen molar-refractivity contribution in [2.45, 2.75) is 49.8 Å². The minimum absolute atomic E-state index is 0.0484. The molecule has 0 saturated carbocycles. The van der Waals surface area contributed by atoms with Gasteiger partial charge in [0.25, 0.3) is 0 Å². The van der Waals surface area contributed by atoms with E-state index in [1.807, 2.05) is 12.1 Å². The van der Waals surface area contributed by atoms with E-state index >= 15 is 4.39 Å². The van der Waals surface area contributed by atoms with Crippen molar-refractivity contribution in [2.24, 2.45) is 0 Å². The van der Waals surface area contributed by atoms with Crippen molar-refractivity contribution >= 4 is 25.1 Å². The SMILES string of the molecule is CCOC(=O)C(Cc1ccccc1)NP(=O)(OCC1OC(C#N)(c2ccc3c(N)ncnn23)C(C)(F)C1O)Oc1ccccc1. The summed E-state index contributed by atoms with van der Waals surface area (Å²) in [6, 6.07) is 20.6. The number of carbonyl (C=O) groups excluding carboxylic acids is 1. The van der Waals surface area contributed by atoms with Gasteiger partial charge in [-0.15, -0.1) is 0 Å². The van der Waals surface area contributed by atoms with Crippen LogP contribution in [-0.4, -0.2) is 62.8 Å². The van der Waals surface area contributed by atoms with E-state index in [1.54, 1.807) is 49.4 Å². The number of ether oxygens (including phenoxy) is 2. The first-order chi connectivity index (χ1) is 21.5. The molecular weight excluding hydrogens is 606 g/mol. The number of halogens is 1. The molecule has 0 aliphatic carbocycles. The zero-order valence-electron chi connectivity index (χ0n) is 24.4. The van der Waals surface area contributed by atoms with E-state index in [-0.39, 0.29) is 30.3 Å². The zero-order chi connectivity index (χ0) is 32.2. The molecule has 0 spiro atoms. The summed E-state index contributed by atoms with van der Waals surface area (Å²) in [6.07, 6.45) is -2.25. The summed E-state index contributed by atoms with van der Waals surface area (Å²) >= 11 is 0. The number of esters is 1. The van der Waals surface area contributed by atoms with Crippen LogP contribution in [0, 0.1) is 11.3 Å². The van der Waals surface area contributed by atoms with Crippen LogP contribution in [0.3, 0.4) is 0 Å². The number of nitrogen functional groups attached to an aromatic ring is 1. The fourth-order valence-corrected chi connectivity index (χ4v) is 6.66. The van der Waals surface area contributed by atoms with Crippen LogP contribution >= 0.6 is 7.75 Å². The molecule has 236 valence electrons. The molecule has 1 fully saturated rings. The van der Waals surface area contributed by atoms with Gasteiger partial charge < -0.3 is 24.8 Å². The molecular formula is C30H32FN6O7P. The van der Waals surface area contributed by atoms with Gasteiger partial charge in [-0.05, 0) is 50.1 Å². The summed E-state index contributed by atoms with van der Waals surface area (Å²) in [5.41, 5.74) is 1.81. The monoisotopic (exact) mass is 638 g/mol. The Morgan fingerprint density at radius 1 is 1.22 bits per heavy atom. The number of nitriles is 1. The van der Waals surface area contributed by atoms with E-state index in [0.717, 1.165) is 18.8 Å². The number of hydrogen-bond acceptors (Lipinski definition) is 11. The van der Waals surface area contributed by atoms with Crippen LogP contribution < -0.4 is 15.3 Å². The van der Waals surface area contributed by atoms with Gasteiger partial charge in [-0.25, -0.2) is 18.5 Å². The lowest BCUT2D eigenvalue weighted by Gasteiger charge is -2.30. The molecule has 1 aliphatic rings. The van der Waals surface area contributed by atoms with Gasteiger partial charge in [-0.3, -0.25) is 9.32 Å². The maximum Gasteiger partial charge on any atom is 0.459 e. The Kier molecular flexibility index (Phi) is 9.20. The lowest BCUT2D eigenvalue weighted by atomic mass is 9.82. The van der Waals surface area contributed by atoms with Crippen LogP contribution in [0.5, 0.6) is 5.75 Å². The smallest absolute Gasteiger partial charge is 0.459 e. The second-order valence-electron chi connectivity index (χ2n) is 10.5. The van der Waals surface area contributed by atoms with Crippen molar-refractivity contribution < 1.29 is 37.4 Å². The van der Waals surface area contributed by atoms with Crippen molar-refractivity contribution in [1.82, 2.24) is 19.7 Å². The van der Waals surface area contributed by atoms with Crippen molar-refractivity contribution in [1.29, 1.82) is 5.26 Å². The number of nitrogens with one attached hydrogen (secondary N) is 1. The number of hydrogen-bond donors (Lipinski definition) is 3. The number of aromatic nitrogens is 3. The van der Waals surface area contributed by atoms with E-state index in [9.17, 15) is 19.7 Å². The first-order valence-electron chi connectivity index (χ1n) is 14.1. The first kappa shape index (κ1) is 32.0. The molecule has 0 radical (unpaired) electrons. The second-order valence-corrected chi connectivity index (χ2v) is 12.1. The van der Waals surface area contributed by atoms with E-state index in [2.05, 4.69) is 15.2 Å². The van der Waals surface area contributed by atoms with Gasteiger partial charge in [0.15, 0.2) is 11.5 Å². The quantitative estimate of drug-likeness (QED) is 0.152. The Morgan fingerprint density at radius 2 is 1.91 bits per heavy atom. The first-order valence-corrected chi connectivity index (χ1v) is 15.6. The summed E-state index contributed by atoms with van der Waals surface area (Å²) in [6.45, 7) is 2.01. The highest BCUT2D eigenvalue weighted by Gasteiger charge is 2.67. The van der Waals surface area contributed by atoms with Crippen LogP contribution in [0.1, 0.15) is 25.1 Å². The zero-order valence-corrected chi connectivity index (χ0v) is 25.3. The summed E-state index contributed by atoms with van der Waals surface area (Å²) in [7, 11) is -4.48. The summed E-state index contributed by atoms with van der Waals surface area (Å²) in [4.78, 5) is 16.9. The predicted octanol–water partition coefficient (Wildman–Crippen LogP) is 3.49. The minimum Gasteiger partial charge on any atom is -0.465 e. The summed E-state index contributed by atoms with van der Waals surface area (Å²) in [5, 5.41) is 28.1. The largest absolute Gasteiger partial charge is 0.465 e. The number of nitrogens with zero attached hydrogens (tertiary/aromatic N) is 4. The lowest BCUT2D eigenvalue weighted by Crippen LogP contribution is -2.48. The maximum atomic E-state index is 16.5. The Morgan fingerprint density at radius 3 is 2.58 bits per heavy atom. The molecule has 5 rings (SSSR count). The van der Waals surface area contributed by atoms with E-state index in [0.29, 0.717) is 5.52 Å². The summed E-state index contributed by atoms with van der Waals surface area (Å²) < 4.78 is 54.6. The Balaban J connectivity index is 1.44. The van der Waals surface area contributed by atoms with Crippen molar-refractivity contribution in [3.63, 3.8) is 0 Å². The number of anilines is 1. The number of nitrogens with two attached hydrogens (primary N) is 1. The number of carbonyl (C=O) groups is 1. The van der Waals surface area contributed by atoms with Crippen LogP contribution in [0.15, 0.2) is 79.1 Å². The average Bonchev–Trinajstić information content (AvgIpc) is 3.55.